The summed E-state index contributed by atoms with van der Waals surface area (Å²) in [5.74, 6) is 0.866. The van der Waals surface area contributed by atoms with E-state index >= 15 is 0 Å². The first-order valence-corrected chi connectivity index (χ1v) is 7.19. The third-order valence-electron chi connectivity index (χ3n) is 4.11. The van der Waals surface area contributed by atoms with Gasteiger partial charge in [0.05, 0.1) is 6.04 Å². The second kappa shape index (κ2) is 6.20. The zero-order chi connectivity index (χ0) is 13.8. The number of aryl methyl sites for hydroxylation is 1. The van der Waals surface area contributed by atoms with Gasteiger partial charge in [-0.1, -0.05) is 25.5 Å². The average molecular weight is 260 g/mol. The summed E-state index contributed by atoms with van der Waals surface area (Å²) >= 11 is 0. The van der Waals surface area contributed by atoms with Gasteiger partial charge in [0.1, 0.15) is 0 Å². The topological polar surface area (TPSA) is 32.3 Å². The molecule has 0 bridgehead atoms. The molecule has 1 aliphatic rings. The van der Waals surface area contributed by atoms with Crippen LogP contribution < -0.4 is 10.2 Å². The molecule has 3 nitrogen and oxygen atoms in total. The van der Waals surface area contributed by atoms with E-state index in [0.717, 1.165) is 18.7 Å². The van der Waals surface area contributed by atoms with Crippen LogP contribution in [-0.4, -0.2) is 25.5 Å². The lowest BCUT2D eigenvalue weighted by molar-refractivity contribution is -0.121. The highest BCUT2D eigenvalue weighted by Crippen LogP contribution is 2.22. The van der Waals surface area contributed by atoms with E-state index < -0.39 is 0 Å². The van der Waals surface area contributed by atoms with E-state index in [1.165, 1.54) is 18.4 Å². The first-order chi connectivity index (χ1) is 9.11. The van der Waals surface area contributed by atoms with Crippen molar-refractivity contribution in [2.75, 3.05) is 18.5 Å². The number of carbonyl (C=O) groups is 1. The molecule has 0 spiro atoms. The number of amides is 1. The third kappa shape index (κ3) is 3.35. The quantitative estimate of drug-likeness (QED) is 0.906. The normalized spacial score (nSPS) is 23.1. The van der Waals surface area contributed by atoms with Crippen LogP contribution in [0, 0.1) is 12.8 Å². The van der Waals surface area contributed by atoms with E-state index in [1.807, 2.05) is 32.2 Å². The van der Waals surface area contributed by atoms with E-state index in [1.54, 1.807) is 4.90 Å². The fourth-order valence-electron chi connectivity index (χ4n) is 2.75. The molecule has 1 aliphatic heterocycles. The molecule has 0 saturated carbocycles. The van der Waals surface area contributed by atoms with Crippen LogP contribution in [0.2, 0.25) is 0 Å². The monoisotopic (exact) mass is 260 g/mol. The number of benzene rings is 1. The predicted octanol–water partition coefficient (Wildman–Crippen LogP) is 2.74. The maximum absolute atomic E-state index is 12.5. The zero-order valence-corrected chi connectivity index (χ0v) is 12.1. The molecular formula is C16H24N2O. The van der Waals surface area contributed by atoms with Gasteiger partial charge in [-0.3, -0.25) is 4.79 Å². The predicted molar refractivity (Wildman–Crippen MR) is 79.4 cm³/mol. The molecule has 1 saturated heterocycles. The Morgan fingerprint density at radius 3 is 2.95 bits per heavy atom. The molecule has 1 fully saturated rings. The van der Waals surface area contributed by atoms with Crippen molar-refractivity contribution in [3.05, 3.63) is 29.8 Å². The highest BCUT2D eigenvalue weighted by Gasteiger charge is 2.28. The minimum Gasteiger partial charge on any atom is -0.314 e. The Morgan fingerprint density at radius 2 is 2.26 bits per heavy atom. The van der Waals surface area contributed by atoms with Crippen molar-refractivity contribution in [2.45, 2.75) is 39.2 Å². The summed E-state index contributed by atoms with van der Waals surface area (Å²) in [5.41, 5.74) is 2.16. The molecule has 3 heteroatoms. The van der Waals surface area contributed by atoms with E-state index in [4.69, 9.17) is 0 Å². The number of rotatable bonds is 3. The molecule has 104 valence electrons. The summed E-state index contributed by atoms with van der Waals surface area (Å²) in [7, 11) is 1.87. The van der Waals surface area contributed by atoms with E-state index in [-0.39, 0.29) is 11.9 Å². The maximum atomic E-state index is 12.5. The van der Waals surface area contributed by atoms with Gasteiger partial charge in [-0.2, -0.15) is 0 Å². The highest BCUT2D eigenvalue weighted by molar-refractivity contribution is 5.96. The molecule has 0 radical (unpaired) electrons. The van der Waals surface area contributed by atoms with E-state index in [9.17, 15) is 4.79 Å². The number of piperidine rings is 1. The molecule has 1 amide bonds. The number of carbonyl (C=O) groups excluding carboxylic acids is 1. The fraction of sp³-hybridized carbons (Fsp3) is 0.562. The van der Waals surface area contributed by atoms with Crippen LogP contribution in [-0.2, 0) is 4.79 Å². The highest BCUT2D eigenvalue weighted by atomic mass is 16.2. The summed E-state index contributed by atoms with van der Waals surface area (Å²) in [5, 5.41) is 3.36. The minimum absolute atomic E-state index is 0.0239. The SMILES string of the molecule is CCC1CCNC(C(=O)N(C)c2cccc(C)c2)C1. The number of hydrogen-bond acceptors (Lipinski definition) is 2. The molecule has 2 atom stereocenters. The fourth-order valence-corrected chi connectivity index (χ4v) is 2.75. The second-order valence-electron chi connectivity index (χ2n) is 5.54. The van der Waals surface area contributed by atoms with Gasteiger partial charge in [0.15, 0.2) is 0 Å². The van der Waals surface area contributed by atoms with Gasteiger partial charge >= 0.3 is 0 Å². The molecule has 1 aromatic carbocycles. The van der Waals surface area contributed by atoms with Crippen molar-refractivity contribution in [1.82, 2.24) is 5.32 Å². The molecular weight excluding hydrogens is 236 g/mol. The second-order valence-corrected chi connectivity index (χ2v) is 5.54. The van der Waals surface area contributed by atoms with Crippen molar-refractivity contribution in [2.24, 2.45) is 5.92 Å². The number of anilines is 1. The third-order valence-corrected chi connectivity index (χ3v) is 4.11. The lowest BCUT2D eigenvalue weighted by atomic mass is 9.90. The zero-order valence-electron chi connectivity index (χ0n) is 12.1. The molecule has 19 heavy (non-hydrogen) atoms. The molecule has 2 rings (SSSR count). The van der Waals surface area contributed by atoms with Crippen LogP contribution in [0.15, 0.2) is 24.3 Å². The number of nitrogens with one attached hydrogen (secondary N) is 1. The molecule has 1 N–H and O–H groups in total. The molecule has 2 unspecified atom stereocenters. The van der Waals surface area contributed by atoms with Gasteiger partial charge in [-0.25, -0.2) is 0 Å². The van der Waals surface area contributed by atoms with Gasteiger partial charge < -0.3 is 10.2 Å². The molecule has 0 aliphatic carbocycles. The van der Waals surface area contributed by atoms with Crippen LogP contribution >= 0.6 is 0 Å². The van der Waals surface area contributed by atoms with Crippen molar-refractivity contribution < 1.29 is 4.79 Å². The number of likely N-dealkylation sites (N-methyl/N-ethyl adjacent to an activating group) is 1. The van der Waals surface area contributed by atoms with Crippen molar-refractivity contribution in [3.63, 3.8) is 0 Å². The molecule has 0 aromatic heterocycles. The lowest BCUT2D eigenvalue weighted by Gasteiger charge is -2.31. The average Bonchev–Trinajstić information content (AvgIpc) is 2.45. The lowest BCUT2D eigenvalue weighted by Crippen LogP contribution is -2.49. The van der Waals surface area contributed by atoms with Crippen molar-refractivity contribution >= 4 is 11.6 Å². The number of hydrogen-bond donors (Lipinski definition) is 1. The summed E-state index contributed by atoms with van der Waals surface area (Å²) in [6, 6.07) is 8.07. The van der Waals surface area contributed by atoms with Gasteiger partial charge in [0.2, 0.25) is 5.91 Å². The minimum atomic E-state index is -0.0239. The smallest absolute Gasteiger partial charge is 0.243 e. The van der Waals surface area contributed by atoms with Gasteiger partial charge in [0.25, 0.3) is 0 Å². The van der Waals surface area contributed by atoms with Gasteiger partial charge in [0, 0.05) is 12.7 Å². The van der Waals surface area contributed by atoms with Crippen molar-refractivity contribution in [3.8, 4) is 0 Å². The van der Waals surface area contributed by atoms with Crippen LogP contribution in [0.25, 0.3) is 0 Å². The summed E-state index contributed by atoms with van der Waals surface area (Å²) in [6.45, 7) is 5.21. The maximum Gasteiger partial charge on any atom is 0.243 e. The van der Waals surface area contributed by atoms with E-state index in [2.05, 4.69) is 18.3 Å². The van der Waals surface area contributed by atoms with Crippen LogP contribution in [0.5, 0.6) is 0 Å². The standard InChI is InChI=1S/C16H24N2O/c1-4-13-8-9-17-15(11-13)16(19)18(3)14-7-5-6-12(2)10-14/h5-7,10,13,15,17H,4,8-9,11H2,1-3H3. The first kappa shape index (κ1) is 14.1. The van der Waals surface area contributed by atoms with Crippen LogP contribution in [0.1, 0.15) is 31.7 Å². The van der Waals surface area contributed by atoms with Gasteiger partial charge in [-0.15, -0.1) is 0 Å². The Morgan fingerprint density at radius 1 is 1.47 bits per heavy atom. The Hall–Kier alpha value is -1.35. The summed E-state index contributed by atoms with van der Waals surface area (Å²) in [6.07, 6.45) is 3.32. The van der Waals surface area contributed by atoms with Gasteiger partial charge in [-0.05, 0) is 49.9 Å². The Balaban J connectivity index is 2.06. The molecule has 1 aromatic rings. The van der Waals surface area contributed by atoms with Crippen molar-refractivity contribution in [1.29, 1.82) is 0 Å². The largest absolute Gasteiger partial charge is 0.314 e. The van der Waals surface area contributed by atoms with Crippen LogP contribution in [0.3, 0.4) is 0 Å². The Bertz CT molecular complexity index is 444. The molecule has 1 heterocycles. The first-order valence-electron chi connectivity index (χ1n) is 7.19. The summed E-state index contributed by atoms with van der Waals surface area (Å²) in [4.78, 5) is 14.3. The van der Waals surface area contributed by atoms with Crippen LogP contribution in [0.4, 0.5) is 5.69 Å². The Labute approximate surface area is 116 Å². The van der Waals surface area contributed by atoms with E-state index in [0.29, 0.717) is 5.92 Å². The number of nitrogens with zero attached hydrogens (tertiary/aromatic N) is 1. The Kier molecular flexibility index (Phi) is 4.59. The summed E-state index contributed by atoms with van der Waals surface area (Å²) < 4.78 is 0.